The molecule has 0 saturated heterocycles. The van der Waals surface area contributed by atoms with Crippen LogP contribution in [0.3, 0.4) is 0 Å². The summed E-state index contributed by atoms with van der Waals surface area (Å²) in [6.45, 7) is -0.326. The van der Waals surface area contributed by atoms with Gasteiger partial charge in [-0.05, 0) is 66.8 Å². The van der Waals surface area contributed by atoms with Gasteiger partial charge in [0.1, 0.15) is 6.04 Å². The first kappa shape index (κ1) is 28.8. The summed E-state index contributed by atoms with van der Waals surface area (Å²) in [6.07, 6.45) is 5.54. The Morgan fingerprint density at radius 3 is 2.49 bits per heavy atom. The molecule has 14 heteroatoms. The van der Waals surface area contributed by atoms with Crippen LogP contribution in [0.1, 0.15) is 34.5 Å². The Bertz CT molecular complexity index is 1740. The van der Waals surface area contributed by atoms with Gasteiger partial charge < -0.3 is 21.3 Å². The minimum atomic E-state index is -4.19. The molecule has 1 amide bonds. The van der Waals surface area contributed by atoms with Gasteiger partial charge in [-0.15, -0.1) is 6.42 Å². The molecular formula is C27H25N5O8S. The van der Waals surface area contributed by atoms with Crippen molar-refractivity contribution in [3.8, 4) is 23.5 Å². The monoisotopic (exact) mass is 579 g/mol. The second-order valence-corrected chi connectivity index (χ2v) is 11.0. The molecule has 0 bridgehead atoms. The van der Waals surface area contributed by atoms with E-state index in [4.69, 9.17) is 17.3 Å². The van der Waals surface area contributed by atoms with Crippen molar-refractivity contribution in [1.82, 2.24) is 15.3 Å². The maximum atomic E-state index is 13.7. The van der Waals surface area contributed by atoms with Gasteiger partial charge in [0.15, 0.2) is 0 Å². The maximum absolute atomic E-state index is 13.7. The Labute approximate surface area is 234 Å². The molecule has 3 aromatic rings. The topological polar surface area (TPSA) is 213 Å². The molecule has 4 rings (SSSR count). The van der Waals surface area contributed by atoms with Crippen LogP contribution < -0.4 is 20.9 Å². The minimum absolute atomic E-state index is 0.00436. The molecule has 0 unspecified atom stereocenters. The molecule has 1 aliphatic carbocycles. The molecule has 1 heterocycles. The minimum Gasteiger partial charge on any atom is -0.481 e. The number of nitrogens with two attached hydrogens (primary N) is 1. The number of H-pyrrole nitrogens is 1. The Kier molecular flexibility index (Phi) is 8.11. The molecule has 1 atom stereocenters. The zero-order valence-electron chi connectivity index (χ0n) is 21.5. The fourth-order valence-corrected chi connectivity index (χ4v) is 5.93. The van der Waals surface area contributed by atoms with Crippen LogP contribution in [-0.2, 0) is 32.5 Å². The molecule has 0 fully saturated rings. The van der Waals surface area contributed by atoms with Gasteiger partial charge in [0, 0.05) is 12.0 Å². The molecular weight excluding hydrogens is 554 g/mol. The number of sulfonamides is 1. The number of aryl methyl sites for hydroxylation is 2. The molecule has 13 nitrogen and oxygen atoms in total. The van der Waals surface area contributed by atoms with Gasteiger partial charge in [-0.3, -0.25) is 23.7 Å². The molecule has 1 aromatic heterocycles. The number of fused-ring (bicyclic) bond motifs is 3. The lowest BCUT2D eigenvalue weighted by Crippen LogP contribution is -2.41. The fourth-order valence-electron chi connectivity index (χ4n) is 4.50. The van der Waals surface area contributed by atoms with Gasteiger partial charge in [0.25, 0.3) is 21.5 Å². The Morgan fingerprint density at radius 1 is 1.15 bits per heavy atom. The molecule has 1 aliphatic rings. The highest BCUT2D eigenvalue weighted by Gasteiger charge is 2.28. The number of carbonyl (C=O) groups excluding carboxylic acids is 1. The SMILES string of the molecule is C#CCN(c1ccc(C(=O)N[C@@H](CCC(=O)O)C(=O)O)cc1)S(=O)(=O)c1ccc2c(c1)CCc1nc(N)[nH]c(=O)c1-2. The van der Waals surface area contributed by atoms with Gasteiger partial charge in [-0.1, -0.05) is 12.0 Å². The summed E-state index contributed by atoms with van der Waals surface area (Å²) in [5.41, 5.74) is 7.48. The summed E-state index contributed by atoms with van der Waals surface area (Å²) in [6, 6.07) is 8.27. The average molecular weight is 580 g/mol. The number of nitrogen functional groups attached to an aromatic ring is 1. The van der Waals surface area contributed by atoms with Gasteiger partial charge in [0.2, 0.25) is 5.95 Å². The third-order valence-corrected chi connectivity index (χ3v) is 8.25. The number of nitrogens with zero attached hydrogens (tertiary/aromatic N) is 2. The lowest BCUT2D eigenvalue weighted by molar-refractivity contribution is -0.140. The average Bonchev–Trinajstić information content (AvgIpc) is 2.92. The Balaban J connectivity index is 1.60. The summed E-state index contributed by atoms with van der Waals surface area (Å²) in [7, 11) is -4.19. The predicted octanol–water partition coefficient (Wildman–Crippen LogP) is 0.994. The number of rotatable bonds is 10. The first-order chi connectivity index (χ1) is 19.4. The van der Waals surface area contributed by atoms with Crippen LogP contribution in [0.25, 0.3) is 11.1 Å². The molecule has 0 aliphatic heterocycles. The van der Waals surface area contributed by atoms with Gasteiger partial charge in [-0.2, -0.15) is 0 Å². The number of carbonyl (C=O) groups is 3. The maximum Gasteiger partial charge on any atom is 0.326 e. The Hall–Kier alpha value is -5.16. The third kappa shape index (κ3) is 6.04. The van der Waals surface area contributed by atoms with Crippen LogP contribution in [0.5, 0.6) is 0 Å². The van der Waals surface area contributed by atoms with Gasteiger partial charge >= 0.3 is 11.9 Å². The molecule has 41 heavy (non-hydrogen) atoms. The highest BCUT2D eigenvalue weighted by Crippen LogP contribution is 2.33. The van der Waals surface area contributed by atoms with Crippen molar-refractivity contribution in [2.75, 3.05) is 16.6 Å². The number of amides is 1. The quantitative estimate of drug-likeness (QED) is 0.215. The number of benzene rings is 2. The fraction of sp³-hybridized carbons (Fsp3) is 0.222. The van der Waals surface area contributed by atoms with Crippen molar-refractivity contribution in [2.24, 2.45) is 0 Å². The molecule has 0 saturated carbocycles. The summed E-state index contributed by atoms with van der Waals surface area (Å²) in [5.74, 6) is -1.05. The summed E-state index contributed by atoms with van der Waals surface area (Å²) >= 11 is 0. The normalized spacial score (nSPS) is 12.8. The second kappa shape index (κ2) is 11.5. The number of anilines is 2. The van der Waals surface area contributed by atoms with Crippen LogP contribution in [-0.4, -0.2) is 59.0 Å². The summed E-state index contributed by atoms with van der Waals surface area (Å²) < 4.78 is 28.3. The van der Waals surface area contributed by atoms with Gasteiger partial charge in [-0.25, -0.2) is 18.2 Å². The first-order valence-corrected chi connectivity index (χ1v) is 13.7. The predicted molar refractivity (Wildman–Crippen MR) is 148 cm³/mol. The van der Waals surface area contributed by atoms with E-state index in [1.807, 2.05) is 0 Å². The number of aliphatic carboxylic acids is 2. The number of nitrogens with one attached hydrogen (secondary N) is 2. The van der Waals surface area contributed by atoms with Crippen LogP contribution in [0.2, 0.25) is 0 Å². The number of aromatic amines is 1. The van der Waals surface area contributed by atoms with E-state index in [1.54, 1.807) is 0 Å². The lowest BCUT2D eigenvalue weighted by atomic mass is 9.89. The number of hydrogen-bond acceptors (Lipinski definition) is 8. The van der Waals surface area contributed by atoms with E-state index in [1.165, 1.54) is 42.5 Å². The highest BCUT2D eigenvalue weighted by molar-refractivity contribution is 7.92. The van der Waals surface area contributed by atoms with E-state index < -0.39 is 45.9 Å². The standard InChI is InChI=1S/C27H25N5O8S/c1-2-13-32(17-6-3-15(4-7-17)24(35)29-21(26(37)38)11-12-22(33)34)41(39,40)18-8-9-19-16(14-18)5-10-20-23(19)25(36)31-27(28)30-20/h1,3-4,6-9,14,21H,5,10-13H2,(H,29,35)(H,33,34)(H,37,38)(H3,28,30,31,36)/t21-/m0/s1. The smallest absolute Gasteiger partial charge is 0.326 e. The van der Waals surface area contributed by atoms with E-state index in [0.717, 1.165) is 4.31 Å². The molecule has 6 N–H and O–H groups in total. The van der Waals surface area contributed by atoms with Gasteiger partial charge in [0.05, 0.1) is 28.4 Å². The van der Waals surface area contributed by atoms with E-state index in [0.29, 0.717) is 35.2 Å². The number of terminal acetylenes is 1. The van der Waals surface area contributed by atoms with Crippen molar-refractivity contribution < 1.29 is 33.0 Å². The molecule has 0 spiro atoms. The number of aromatic nitrogens is 2. The first-order valence-electron chi connectivity index (χ1n) is 12.3. The lowest BCUT2D eigenvalue weighted by Gasteiger charge is -2.24. The van der Waals surface area contributed by atoms with Crippen LogP contribution >= 0.6 is 0 Å². The number of hydrogen-bond donors (Lipinski definition) is 5. The second-order valence-electron chi connectivity index (χ2n) is 9.15. The number of carboxylic acid groups (broad SMARTS) is 2. The number of carboxylic acids is 2. The van der Waals surface area contributed by atoms with E-state index in [9.17, 15) is 32.7 Å². The molecule has 2 aromatic carbocycles. The van der Waals surface area contributed by atoms with Crippen molar-refractivity contribution in [2.45, 2.75) is 36.6 Å². The zero-order valence-corrected chi connectivity index (χ0v) is 22.3. The van der Waals surface area contributed by atoms with E-state index in [-0.39, 0.29) is 35.1 Å². The van der Waals surface area contributed by atoms with Crippen molar-refractivity contribution in [3.63, 3.8) is 0 Å². The van der Waals surface area contributed by atoms with Crippen LogP contribution in [0.15, 0.2) is 52.2 Å². The highest BCUT2D eigenvalue weighted by atomic mass is 32.2. The van der Waals surface area contributed by atoms with Crippen molar-refractivity contribution >= 4 is 39.5 Å². The van der Waals surface area contributed by atoms with E-state index >= 15 is 0 Å². The summed E-state index contributed by atoms with van der Waals surface area (Å²) in [4.78, 5) is 53.9. The van der Waals surface area contributed by atoms with Crippen molar-refractivity contribution in [1.29, 1.82) is 0 Å². The zero-order chi connectivity index (χ0) is 29.9. The largest absolute Gasteiger partial charge is 0.481 e. The van der Waals surface area contributed by atoms with Crippen molar-refractivity contribution in [3.05, 3.63) is 69.6 Å². The third-order valence-electron chi connectivity index (χ3n) is 6.48. The molecule has 0 radical (unpaired) electrons. The molecule has 212 valence electrons. The Morgan fingerprint density at radius 2 is 1.85 bits per heavy atom. The van der Waals surface area contributed by atoms with E-state index in [2.05, 4.69) is 21.2 Å². The van der Waals surface area contributed by atoms with Crippen LogP contribution in [0, 0.1) is 12.3 Å². The van der Waals surface area contributed by atoms with Crippen LogP contribution in [0.4, 0.5) is 11.6 Å². The summed E-state index contributed by atoms with van der Waals surface area (Å²) in [5, 5.41) is 20.3.